The Balaban J connectivity index is 2.11. The molecule has 1 N–H and O–H groups in total. The number of nitrogens with zero attached hydrogens (tertiary/aromatic N) is 1. The maximum atomic E-state index is 13.5. The van der Waals surface area contributed by atoms with Gasteiger partial charge in [-0.25, -0.2) is 8.42 Å². The molecule has 1 aromatic rings. The van der Waals surface area contributed by atoms with Crippen molar-refractivity contribution in [2.75, 3.05) is 17.3 Å². The molecule has 32 heavy (non-hydrogen) atoms. The van der Waals surface area contributed by atoms with Crippen LogP contribution >= 0.6 is 23.5 Å². The van der Waals surface area contributed by atoms with Crippen molar-refractivity contribution in [1.82, 2.24) is 5.32 Å². The number of hydrogen-bond donors (Lipinski definition) is 1. The van der Waals surface area contributed by atoms with Crippen LogP contribution < -0.4 is 5.32 Å². The molecule has 0 aromatic heterocycles. The predicted molar refractivity (Wildman–Crippen MR) is 101 cm³/mol. The summed E-state index contributed by atoms with van der Waals surface area (Å²) in [6.07, 6.45) is -6.35. The van der Waals surface area contributed by atoms with Crippen LogP contribution in [0, 0.1) is 10.1 Å². The van der Waals surface area contributed by atoms with Gasteiger partial charge in [-0.1, -0.05) is 0 Å². The van der Waals surface area contributed by atoms with Crippen molar-refractivity contribution in [2.24, 2.45) is 0 Å². The van der Waals surface area contributed by atoms with Gasteiger partial charge in [-0.05, 0) is 30.3 Å². The normalized spacial score (nSPS) is 19.0. The van der Waals surface area contributed by atoms with Crippen molar-refractivity contribution in [2.45, 2.75) is 39.6 Å². The van der Waals surface area contributed by atoms with Gasteiger partial charge in [-0.3, -0.25) is 14.9 Å². The molecule has 7 nitrogen and oxygen atoms in total. The van der Waals surface area contributed by atoms with Crippen LogP contribution in [-0.2, 0) is 14.6 Å². The SMILES string of the molecule is O=C(CSc1ccc(SC(F)(F)C(F)(F)C(F)(F)F)cc1[N+](=O)[O-])NC1CCS(=O)(=O)C1. The molecule has 0 radical (unpaired) electrons. The number of rotatable bonds is 8. The first-order valence-electron chi connectivity index (χ1n) is 8.37. The molecule has 17 heteroatoms. The highest BCUT2D eigenvalue weighted by atomic mass is 32.2. The molecule has 1 aliphatic rings. The maximum absolute atomic E-state index is 13.5. The molecule has 180 valence electrons. The van der Waals surface area contributed by atoms with Gasteiger partial charge in [0.25, 0.3) is 5.69 Å². The van der Waals surface area contributed by atoms with Gasteiger partial charge in [0.15, 0.2) is 9.84 Å². The highest BCUT2D eigenvalue weighted by Gasteiger charge is 2.73. The van der Waals surface area contributed by atoms with Gasteiger partial charge in [-0.2, -0.15) is 30.7 Å². The first-order valence-corrected chi connectivity index (χ1v) is 12.0. The predicted octanol–water partition coefficient (Wildman–Crippen LogP) is 3.87. The van der Waals surface area contributed by atoms with E-state index < -0.39 is 72.2 Å². The molecule has 1 atom stereocenters. The summed E-state index contributed by atoms with van der Waals surface area (Å²) < 4.78 is 113. The zero-order valence-corrected chi connectivity index (χ0v) is 17.9. The van der Waals surface area contributed by atoms with Crippen LogP contribution in [0.2, 0.25) is 0 Å². The van der Waals surface area contributed by atoms with E-state index in [1.54, 1.807) is 0 Å². The largest absolute Gasteiger partial charge is 0.460 e. The fourth-order valence-corrected chi connectivity index (χ4v) is 5.86. The van der Waals surface area contributed by atoms with E-state index >= 15 is 0 Å². The van der Waals surface area contributed by atoms with Gasteiger partial charge < -0.3 is 5.32 Å². The van der Waals surface area contributed by atoms with Gasteiger partial charge in [0, 0.05) is 17.0 Å². The Morgan fingerprint density at radius 3 is 2.31 bits per heavy atom. The number of alkyl halides is 7. The van der Waals surface area contributed by atoms with E-state index in [-0.39, 0.29) is 22.8 Å². The summed E-state index contributed by atoms with van der Waals surface area (Å²) in [6.45, 7) is 0. The number of sulfone groups is 1. The molecular formula is C15H13F7N2O5S3. The molecule has 1 amide bonds. The number of nitro benzene ring substituents is 1. The van der Waals surface area contributed by atoms with Crippen molar-refractivity contribution < 1.29 is 48.9 Å². The number of hydrogen-bond acceptors (Lipinski definition) is 7. The van der Waals surface area contributed by atoms with Crippen molar-refractivity contribution in [1.29, 1.82) is 0 Å². The standard InChI is InChI=1S/C15H13F7N2O5S3/c16-13(17,14(18,19)20)15(21,22)31-9-1-2-11(10(5-9)24(26)27)30-6-12(25)23-8-3-4-32(28,29)7-8/h1-2,5,8H,3-4,6-7H2,(H,23,25). The Morgan fingerprint density at radius 1 is 1.19 bits per heavy atom. The van der Waals surface area contributed by atoms with Crippen LogP contribution in [-0.4, -0.2) is 59.9 Å². The number of nitrogens with one attached hydrogen (secondary N) is 1. The zero-order chi connectivity index (χ0) is 24.5. The second-order valence-corrected chi connectivity index (χ2v) is 11.0. The number of thioether (sulfide) groups is 2. The van der Waals surface area contributed by atoms with Crippen molar-refractivity contribution in [3.8, 4) is 0 Å². The topological polar surface area (TPSA) is 106 Å². The summed E-state index contributed by atoms with van der Waals surface area (Å²) in [5, 5.41) is 7.97. The summed E-state index contributed by atoms with van der Waals surface area (Å²) >= 11 is -0.613. The molecule has 2 rings (SSSR count). The molecule has 1 heterocycles. The average molecular weight is 530 g/mol. The van der Waals surface area contributed by atoms with E-state index in [1.165, 1.54) is 0 Å². The third kappa shape index (κ3) is 6.18. The van der Waals surface area contributed by atoms with Crippen LogP contribution in [0.3, 0.4) is 0 Å². The minimum absolute atomic E-state index is 0.103. The van der Waals surface area contributed by atoms with Gasteiger partial charge >= 0.3 is 17.4 Å². The second-order valence-electron chi connectivity index (χ2n) is 6.53. The minimum Gasteiger partial charge on any atom is -0.352 e. The van der Waals surface area contributed by atoms with Crippen LogP contribution in [0.1, 0.15) is 6.42 Å². The van der Waals surface area contributed by atoms with Gasteiger partial charge in [0.05, 0.1) is 27.1 Å². The molecule has 1 unspecified atom stereocenters. The van der Waals surface area contributed by atoms with E-state index in [4.69, 9.17) is 0 Å². The molecule has 1 fully saturated rings. The lowest BCUT2D eigenvalue weighted by atomic mass is 10.3. The molecule has 1 aromatic carbocycles. The molecule has 0 aliphatic carbocycles. The lowest BCUT2D eigenvalue weighted by Crippen LogP contribution is -2.49. The first-order chi connectivity index (χ1) is 14.5. The minimum atomic E-state index is -6.54. The van der Waals surface area contributed by atoms with E-state index in [0.29, 0.717) is 23.9 Å². The lowest BCUT2D eigenvalue weighted by Gasteiger charge is -2.27. The Bertz CT molecular complexity index is 1000. The molecule has 0 spiro atoms. The lowest BCUT2D eigenvalue weighted by molar-refractivity contribution is -0.387. The van der Waals surface area contributed by atoms with Gasteiger partial charge in [-0.15, -0.1) is 11.8 Å². The Morgan fingerprint density at radius 2 is 1.81 bits per heavy atom. The van der Waals surface area contributed by atoms with E-state index in [9.17, 15) is 54.1 Å². The third-order valence-corrected chi connectivity index (χ3v) is 7.88. The van der Waals surface area contributed by atoms with Crippen molar-refractivity contribution in [3.63, 3.8) is 0 Å². The molecule has 0 bridgehead atoms. The number of carbonyl (C=O) groups is 1. The second kappa shape index (κ2) is 9.24. The summed E-state index contributed by atoms with van der Waals surface area (Å²) in [7, 11) is -3.26. The summed E-state index contributed by atoms with van der Waals surface area (Å²) in [6, 6.07) is 1.29. The van der Waals surface area contributed by atoms with E-state index in [1.807, 2.05) is 0 Å². The summed E-state index contributed by atoms with van der Waals surface area (Å²) in [5.41, 5.74) is -0.887. The number of nitro groups is 1. The Hall–Kier alpha value is -1.75. The number of amides is 1. The fraction of sp³-hybridized carbons (Fsp3) is 0.533. The van der Waals surface area contributed by atoms with Gasteiger partial charge in [0.1, 0.15) is 0 Å². The highest BCUT2D eigenvalue weighted by Crippen LogP contribution is 2.54. The molecule has 1 saturated heterocycles. The number of carbonyl (C=O) groups excluding carboxylic acids is 1. The van der Waals surface area contributed by atoms with E-state index in [0.717, 1.165) is 6.07 Å². The van der Waals surface area contributed by atoms with Crippen LogP contribution in [0.25, 0.3) is 0 Å². The third-order valence-electron chi connectivity index (χ3n) is 4.05. The molecular weight excluding hydrogens is 517 g/mol. The molecule has 0 saturated carbocycles. The van der Waals surface area contributed by atoms with Crippen LogP contribution in [0.5, 0.6) is 0 Å². The Kier molecular flexibility index (Phi) is 7.66. The molecule has 1 aliphatic heterocycles. The summed E-state index contributed by atoms with van der Waals surface area (Å²) in [5.74, 6) is -7.84. The van der Waals surface area contributed by atoms with Crippen LogP contribution in [0.15, 0.2) is 28.0 Å². The van der Waals surface area contributed by atoms with Crippen molar-refractivity contribution in [3.05, 3.63) is 28.3 Å². The van der Waals surface area contributed by atoms with E-state index in [2.05, 4.69) is 5.32 Å². The Labute approximate surface area is 184 Å². The first kappa shape index (κ1) is 26.5. The smallest absolute Gasteiger partial charge is 0.352 e. The van der Waals surface area contributed by atoms with Crippen LogP contribution in [0.4, 0.5) is 36.4 Å². The number of benzene rings is 1. The highest BCUT2D eigenvalue weighted by molar-refractivity contribution is 8.00. The monoisotopic (exact) mass is 530 g/mol. The zero-order valence-electron chi connectivity index (χ0n) is 15.5. The number of halogens is 7. The average Bonchev–Trinajstić information content (AvgIpc) is 2.97. The fourth-order valence-electron chi connectivity index (χ4n) is 2.52. The van der Waals surface area contributed by atoms with Gasteiger partial charge in [0.2, 0.25) is 5.91 Å². The maximum Gasteiger partial charge on any atom is 0.460 e. The quantitative estimate of drug-likeness (QED) is 0.235. The summed E-state index contributed by atoms with van der Waals surface area (Å²) in [4.78, 5) is 20.9. The van der Waals surface area contributed by atoms with Crippen molar-refractivity contribution >= 4 is 45.0 Å².